The van der Waals surface area contributed by atoms with Crippen LogP contribution in [0.5, 0.6) is 0 Å². The number of aromatic nitrogens is 2. The van der Waals surface area contributed by atoms with Gasteiger partial charge in [-0.05, 0) is 49.0 Å². The second-order valence-corrected chi connectivity index (χ2v) is 5.52. The Balaban J connectivity index is 2.44. The molecule has 2 rings (SSSR count). The van der Waals surface area contributed by atoms with E-state index in [-0.39, 0.29) is 5.60 Å². The summed E-state index contributed by atoms with van der Waals surface area (Å²) in [6, 6.07) is 0. The molecule has 0 saturated carbocycles. The van der Waals surface area contributed by atoms with Crippen molar-refractivity contribution in [3.05, 3.63) is 16.0 Å². The van der Waals surface area contributed by atoms with Crippen LogP contribution in [0.15, 0.2) is 4.47 Å². The summed E-state index contributed by atoms with van der Waals surface area (Å²) in [6.45, 7) is 7.89. The maximum Gasteiger partial charge on any atom is 0.162 e. The quantitative estimate of drug-likeness (QED) is 0.926. The van der Waals surface area contributed by atoms with Gasteiger partial charge in [0.05, 0.1) is 10.2 Å². The number of anilines is 1. The van der Waals surface area contributed by atoms with Gasteiger partial charge < -0.3 is 10.1 Å². The van der Waals surface area contributed by atoms with Crippen LogP contribution in [0.1, 0.15) is 45.1 Å². The molecule has 0 amide bonds. The van der Waals surface area contributed by atoms with Gasteiger partial charge in [0.1, 0.15) is 11.4 Å². The molecule has 100 valence electrons. The van der Waals surface area contributed by atoms with E-state index in [1.54, 1.807) is 0 Å². The molecule has 0 spiro atoms. The lowest BCUT2D eigenvalue weighted by Gasteiger charge is -2.23. The van der Waals surface area contributed by atoms with Crippen LogP contribution in [-0.2, 0) is 16.8 Å². The SMILES string of the molecule is CCNc1nc(C2(C)CCCO2)nc(CC)c1Br. The molecule has 1 aliphatic rings. The van der Waals surface area contributed by atoms with Crippen LogP contribution in [0.25, 0.3) is 0 Å². The maximum absolute atomic E-state index is 5.83. The van der Waals surface area contributed by atoms with Crippen LogP contribution in [-0.4, -0.2) is 23.1 Å². The van der Waals surface area contributed by atoms with E-state index < -0.39 is 0 Å². The number of halogens is 1. The summed E-state index contributed by atoms with van der Waals surface area (Å²) in [4.78, 5) is 9.29. The summed E-state index contributed by atoms with van der Waals surface area (Å²) in [5, 5.41) is 3.28. The number of hydrogen-bond acceptors (Lipinski definition) is 4. The van der Waals surface area contributed by atoms with Gasteiger partial charge in [0.25, 0.3) is 0 Å². The van der Waals surface area contributed by atoms with Gasteiger partial charge in [-0.25, -0.2) is 9.97 Å². The zero-order valence-electron chi connectivity index (χ0n) is 11.2. The topological polar surface area (TPSA) is 47.0 Å². The van der Waals surface area contributed by atoms with E-state index >= 15 is 0 Å². The Morgan fingerprint density at radius 1 is 1.39 bits per heavy atom. The van der Waals surface area contributed by atoms with Crippen LogP contribution in [0.3, 0.4) is 0 Å². The molecule has 1 saturated heterocycles. The molecule has 0 aromatic carbocycles. The van der Waals surface area contributed by atoms with Crippen LogP contribution in [0.4, 0.5) is 5.82 Å². The van der Waals surface area contributed by atoms with Crippen molar-refractivity contribution in [2.45, 2.75) is 45.6 Å². The largest absolute Gasteiger partial charge is 0.369 e. The Bertz CT molecular complexity index is 430. The molecule has 1 N–H and O–H groups in total. The van der Waals surface area contributed by atoms with Gasteiger partial charge >= 0.3 is 0 Å². The second-order valence-electron chi connectivity index (χ2n) is 4.72. The number of nitrogens with one attached hydrogen (secondary N) is 1. The predicted molar refractivity (Wildman–Crippen MR) is 75.8 cm³/mol. The van der Waals surface area contributed by atoms with E-state index in [0.717, 1.165) is 54.2 Å². The van der Waals surface area contributed by atoms with E-state index in [0.29, 0.717) is 0 Å². The predicted octanol–water partition coefficient (Wildman–Crippen LogP) is 3.26. The van der Waals surface area contributed by atoms with E-state index in [1.165, 1.54) is 0 Å². The molecule has 4 nitrogen and oxygen atoms in total. The van der Waals surface area contributed by atoms with Crippen molar-refractivity contribution in [2.75, 3.05) is 18.5 Å². The average Bonchev–Trinajstić information content (AvgIpc) is 2.80. The van der Waals surface area contributed by atoms with Crippen LogP contribution >= 0.6 is 15.9 Å². The highest BCUT2D eigenvalue weighted by atomic mass is 79.9. The number of nitrogens with zero attached hydrogens (tertiary/aromatic N) is 2. The summed E-state index contributed by atoms with van der Waals surface area (Å²) in [5.41, 5.74) is 0.710. The van der Waals surface area contributed by atoms with Crippen molar-refractivity contribution in [3.8, 4) is 0 Å². The van der Waals surface area contributed by atoms with Crippen molar-refractivity contribution >= 4 is 21.7 Å². The molecule has 1 aliphatic heterocycles. The Kier molecular flexibility index (Phi) is 4.22. The molecular weight excluding hydrogens is 294 g/mol. The average molecular weight is 314 g/mol. The summed E-state index contributed by atoms with van der Waals surface area (Å²) < 4.78 is 6.80. The summed E-state index contributed by atoms with van der Waals surface area (Å²) in [7, 11) is 0. The van der Waals surface area contributed by atoms with Crippen molar-refractivity contribution < 1.29 is 4.74 Å². The lowest BCUT2D eigenvalue weighted by molar-refractivity contribution is 0.00924. The van der Waals surface area contributed by atoms with Crippen molar-refractivity contribution in [3.63, 3.8) is 0 Å². The summed E-state index contributed by atoms with van der Waals surface area (Å²) in [6.07, 6.45) is 2.95. The molecule has 1 aromatic heterocycles. The lowest BCUT2D eigenvalue weighted by atomic mass is 10.0. The van der Waals surface area contributed by atoms with Crippen molar-refractivity contribution in [2.24, 2.45) is 0 Å². The first-order valence-electron chi connectivity index (χ1n) is 6.55. The fourth-order valence-electron chi connectivity index (χ4n) is 2.20. The fourth-order valence-corrected chi connectivity index (χ4v) is 2.80. The number of ether oxygens (including phenoxy) is 1. The highest BCUT2D eigenvalue weighted by molar-refractivity contribution is 9.10. The Morgan fingerprint density at radius 3 is 2.72 bits per heavy atom. The van der Waals surface area contributed by atoms with Gasteiger partial charge in [-0.3, -0.25) is 0 Å². The smallest absolute Gasteiger partial charge is 0.162 e. The zero-order valence-corrected chi connectivity index (χ0v) is 12.8. The van der Waals surface area contributed by atoms with Gasteiger partial charge in [0, 0.05) is 13.2 Å². The van der Waals surface area contributed by atoms with Crippen molar-refractivity contribution in [1.82, 2.24) is 9.97 Å². The highest BCUT2D eigenvalue weighted by Crippen LogP contribution is 2.36. The molecule has 1 atom stereocenters. The Labute approximate surface area is 117 Å². The van der Waals surface area contributed by atoms with Gasteiger partial charge in [-0.2, -0.15) is 0 Å². The molecule has 0 bridgehead atoms. The first kappa shape index (κ1) is 13.7. The number of hydrogen-bond donors (Lipinski definition) is 1. The van der Waals surface area contributed by atoms with E-state index in [2.05, 4.69) is 52.0 Å². The number of aryl methyl sites for hydroxylation is 1. The second kappa shape index (κ2) is 5.53. The van der Waals surface area contributed by atoms with Crippen LogP contribution in [0, 0.1) is 0 Å². The normalized spacial score (nSPS) is 23.3. The van der Waals surface area contributed by atoms with Gasteiger partial charge in [-0.15, -0.1) is 0 Å². The molecule has 0 radical (unpaired) electrons. The minimum absolute atomic E-state index is 0.325. The first-order valence-corrected chi connectivity index (χ1v) is 7.34. The minimum Gasteiger partial charge on any atom is -0.369 e. The highest BCUT2D eigenvalue weighted by Gasteiger charge is 2.35. The van der Waals surface area contributed by atoms with Gasteiger partial charge in [0.2, 0.25) is 0 Å². The zero-order chi connectivity index (χ0) is 13.2. The van der Waals surface area contributed by atoms with E-state index in [4.69, 9.17) is 4.74 Å². The Morgan fingerprint density at radius 2 is 2.17 bits per heavy atom. The molecule has 1 aromatic rings. The standard InChI is InChI=1S/C13H20BrN3O/c1-4-9-10(14)11(15-5-2)17-12(16-9)13(3)7-6-8-18-13/h4-8H2,1-3H3,(H,15,16,17). The van der Waals surface area contributed by atoms with Crippen LogP contribution in [0.2, 0.25) is 0 Å². The molecule has 18 heavy (non-hydrogen) atoms. The van der Waals surface area contributed by atoms with Crippen LogP contribution < -0.4 is 5.32 Å². The summed E-state index contributed by atoms with van der Waals surface area (Å²) >= 11 is 3.57. The lowest BCUT2D eigenvalue weighted by Crippen LogP contribution is -2.25. The monoisotopic (exact) mass is 313 g/mol. The Hall–Kier alpha value is -0.680. The molecule has 1 unspecified atom stereocenters. The minimum atomic E-state index is -0.325. The molecular formula is C13H20BrN3O. The third kappa shape index (κ3) is 2.52. The molecule has 5 heteroatoms. The first-order chi connectivity index (χ1) is 8.60. The fraction of sp³-hybridized carbons (Fsp3) is 0.692. The van der Waals surface area contributed by atoms with E-state index in [1.807, 2.05) is 0 Å². The van der Waals surface area contributed by atoms with E-state index in [9.17, 15) is 0 Å². The summed E-state index contributed by atoms with van der Waals surface area (Å²) in [5.74, 6) is 1.67. The third-order valence-electron chi connectivity index (χ3n) is 3.29. The molecule has 0 aliphatic carbocycles. The molecule has 1 fully saturated rings. The van der Waals surface area contributed by atoms with Crippen molar-refractivity contribution in [1.29, 1.82) is 0 Å². The van der Waals surface area contributed by atoms with Gasteiger partial charge in [0.15, 0.2) is 5.82 Å². The number of rotatable bonds is 4. The third-order valence-corrected chi connectivity index (χ3v) is 4.12. The van der Waals surface area contributed by atoms with Gasteiger partial charge in [-0.1, -0.05) is 6.92 Å². The maximum atomic E-state index is 5.83. The molecule has 2 heterocycles.